The lowest BCUT2D eigenvalue weighted by Gasteiger charge is -2.31. The van der Waals surface area contributed by atoms with E-state index in [-0.39, 0.29) is 5.91 Å². The van der Waals surface area contributed by atoms with Gasteiger partial charge in [-0.15, -0.1) is 0 Å². The van der Waals surface area contributed by atoms with Gasteiger partial charge in [-0.3, -0.25) is 4.79 Å². The summed E-state index contributed by atoms with van der Waals surface area (Å²) in [6.45, 7) is 4.01. The summed E-state index contributed by atoms with van der Waals surface area (Å²) in [6.07, 6.45) is 4.48. The zero-order valence-corrected chi connectivity index (χ0v) is 12.4. The van der Waals surface area contributed by atoms with Crippen molar-refractivity contribution in [1.29, 1.82) is 5.26 Å². The van der Waals surface area contributed by atoms with Gasteiger partial charge in [0.15, 0.2) is 0 Å². The van der Waals surface area contributed by atoms with Gasteiger partial charge in [0.25, 0.3) is 0 Å². The highest BCUT2D eigenvalue weighted by Gasteiger charge is 2.40. The molecule has 20 heavy (non-hydrogen) atoms. The van der Waals surface area contributed by atoms with Crippen molar-refractivity contribution in [1.82, 2.24) is 10.2 Å². The molecule has 112 valence electrons. The smallest absolute Gasteiger partial charge is 0.240 e. The summed E-state index contributed by atoms with van der Waals surface area (Å²) in [5.74, 6) is 0.607. The SMILES string of the molecule is CN1CCC(CCNC(=O)C2(C#N)CCOCC2)CC1. The summed E-state index contributed by atoms with van der Waals surface area (Å²) < 4.78 is 5.25. The fraction of sp³-hybridized carbons (Fsp3) is 0.867. The summed E-state index contributed by atoms with van der Waals surface area (Å²) >= 11 is 0. The quantitative estimate of drug-likeness (QED) is 0.838. The van der Waals surface area contributed by atoms with Crippen LogP contribution in [0.5, 0.6) is 0 Å². The third-order valence-corrected chi connectivity index (χ3v) is 4.67. The zero-order chi connectivity index (χ0) is 14.4. The summed E-state index contributed by atoms with van der Waals surface area (Å²) in [5, 5.41) is 12.3. The van der Waals surface area contributed by atoms with Gasteiger partial charge in [0.2, 0.25) is 5.91 Å². The van der Waals surface area contributed by atoms with Crippen LogP contribution in [0.2, 0.25) is 0 Å². The summed E-state index contributed by atoms with van der Waals surface area (Å²) in [7, 11) is 2.15. The molecule has 2 aliphatic rings. The van der Waals surface area contributed by atoms with E-state index >= 15 is 0 Å². The number of piperidine rings is 1. The molecule has 0 aromatic heterocycles. The van der Waals surface area contributed by atoms with Gasteiger partial charge >= 0.3 is 0 Å². The highest BCUT2D eigenvalue weighted by atomic mass is 16.5. The fourth-order valence-corrected chi connectivity index (χ4v) is 3.02. The molecule has 0 radical (unpaired) electrons. The van der Waals surface area contributed by atoms with Crippen molar-refractivity contribution in [2.45, 2.75) is 32.1 Å². The van der Waals surface area contributed by atoms with Crippen LogP contribution in [0.4, 0.5) is 0 Å². The van der Waals surface area contributed by atoms with Gasteiger partial charge in [0.1, 0.15) is 5.41 Å². The molecule has 5 nitrogen and oxygen atoms in total. The molecule has 5 heteroatoms. The number of nitriles is 1. The Morgan fingerprint density at radius 1 is 1.40 bits per heavy atom. The number of amides is 1. The molecule has 0 bridgehead atoms. The van der Waals surface area contributed by atoms with Crippen LogP contribution in [-0.4, -0.2) is 50.7 Å². The maximum absolute atomic E-state index is 12.2. The highest BCUT2D eigenvalue weighted by molar-refractivity contribution is 5.85. The Labute approximate surface area is 121 Å². The molecule has 2 saturated heterocycles. The lowest BCUT2D eigenvalue weighted by molar-refractivity contribution is -0.132. The molecule has 0 spiro atoms. The Balaban J connectivity index is 1.73. The molecule has 1 amide bonds. The van der Waals surface area contributed by atoms with E-state index in [1.807, 2.05) is 0 Å². The maximum Gasteiger partial charge on any atom is 0.240 e. The van der Waals surface area contributed by atoms with Gasteiger partial charge in [-0.1, -0.05) is 0 Å². The van der Waals surface area contributed by atoms with E-state index in [4.69, 9.17) is 4.74 Å². The van der Waals surface area contributed by atoms with E-state index in [1.165, 1.54) is 12.8 Å². The standard InChI is InChI=1S/C15H25N3O2/c1-18-8-3-13(4-9-18)2-7-17-14(19)15(12-16)5-10-20-11-6-15/h13H,2-11H2,1H3,(H,17,19). The Hall–Kier alpha value is -1.12. The first kappa shape index (κ1) is 15.3. The normalized spacial score (nSPS) is 24.0. The molecular weight excluding hydrogens is 254 g/mol. The molecule has 0 aromatic carbocycles. The third-order valence-electron chi connectivity index (χ3n) is 4.67. The number of carbonyl (C=O) groups is 1. The van der Waals surface area contributed by atoms with Crippen molar-refractivity contribution in [3.8, 4) is 6.07 Å². The van der Waals surface area contributed by atoms with Gasteiger partial charge in [0.05, 0.1) is 6.07 Å². The Bertz CT molecular complexity index is 364. The van der Waals surface area contributed by atoms with Crippen LogP contribution in [0.3, 0.4) is 0 Å². The number of rotatable bonds is 4. The molecule has 0 unspecified atom stereocenters. The molecule has 2 heterocycles. The minimum atomic E-state index is -0.856. The Morgan fingerprint density at radius 3 is 2.65 bits per heavy atom. The average Bonchev–Trinajstić information content (AvgIpc) is 2.50. The lowest BCUT2D eigenvalue weighted by Crippen LogP contribution is -2.44. The van der Waals surface area contributed by atoms with E-state index in [0.717, 1.165) is 19.5 Å². The molecular formula is C15H25N3O2. The summed E-state index contributed by atoms with van der Waals surface area (Å²) in [6, 6.07) is 2.21. The van der Waals surface area contributed by atoms with E-state index in [2.05, 4.69) is 23.3 Å². The van der Waals surface area contributed by atoms with Crippen LogP contribution < -0.4 is 5.32 Å². The number of hydrogen-bond acceptors (Lipinski definition) is 4. The van der Waals surface area contributed by atoms with Crippen molar-refractivity contribution in [2.75, 3.05) is 39.9 Å². The van der Waals surface area contributed by atoms with Crippen LogP contribution in [0.1, 0.15) is 32.1 Å². The number of nitrogens with zero attached hydrogens (tertiary/aromatic N) is 2. The second-order valence-electron chi connectivity index (χ2n) is 6.10. The summed E-state index contributed by atoms with van der Waals surface area (Å²) in [5.41, 5.74) is -0.856. The predicted molar refractivity (Wildman–Crippen MR) is 75.9 cm³/mol. The minimum Gasteiger partial charge on any atom is -0.381 e. The van der Waals surface area contributed by atoms with E-state index < -0.39 is 5.41 Å². The van der Waals surface area contributed by atoms with Crippen LogP contribution in [0, 0.1) is 22.7 Å². The van der Waals surface area contributed by atoms with E-state index in [9.17, 15) is 10.1 Å². The van der Waals surface area contributed by atoms with Crippen LogP contribution >= 0.6 is 0 Å². The third kappa shape index (κ3) is 3.71. The molecule has 0 atom stereocenters. The number of ether oxygens (including phenoxy) is 1. The second kappa shape index (κ2) is 7.05. The average molecular weight is 279 g/mol. The summed E-state index contributed by atoms with van der Waals surface area (Å²) in [4.78, 5) is 14.6. The van der Waals surface area contributed by atoms with Crippen molar-refractivity contribution >= 4 is 5.91 Å². The number of likely N-dealkylation sites (tertiary alicyclic amines) is 1. The highest BCUT2D eigenvalue weighted by Crippen LogP contribution is 2.30. The molecule has 2 aliphatic heterocycles. The van der Waals surface area contributed by atoms with Crippen LogP contribution in [0.15, 0.2) is 0 Å². The first-order valence-corrected chi connectivity index (χ1v) is 7.62. The number of carbonyl (C=O) groups excluding carboxylic acids is 1. The van der Waals surface area contributed by atoms with Gasteiger partial charge in [-0.25, -0.2) is 0 Å². The zero-order valence-electron chi connectivity index (χ0n) is 12.4. The molecule has 2 fully saturated rings. The number of nitrogens with one attached hydrogen (secondary N) is 1. The molecule has 0 saturated carbocycles. The van der Waals surface area contributed by atoms with E-state index in [1.54, 1.807) is 0 Å². The van der Waals surface area contributed by atoms with Gasteiger partial charge in [0, 0.05) is 19.8 Å². The lowest BCUT2D eigenvalue weighted by atomic mass is 9.81. The fourth-order valence-electron chi connectivity index (χ4n) is 3.02. The second-order valence-corrected chi connectivity index (χ2v) is 6.10. The van der Waals surface area contributed by atoms with Crippen molar-refractivity contribution in [3.63, 3.8) is 0 Å². The molecule has 2 rings (SSSR count). The van der Waals surface area contributed by atoms with Gasteiger partial charge in [-0.05, 0) is 58.2 Å². The molecule has 1 N–H and O–H groups in total. The maximum atomic E-state index is 12.2. The minimum absolute atomic E-state index is 0.101. The van der Waals surface area contributed by atoms with Crippen LogP contribution in [-0.2, 0) is 9.53 Å². The first-order chi connectivity index (χ1) is 9.66. The van der Waals surface area contributed by atoms with Crippen molar-refractivity contribution in [3.05, 3.63) is 0 Å². The molecule has 0 aliphatic carbocycles. The van der Waals surface area contributed by atoms with Gasteiger partial charge in [-0.2, -0.15) is 5.26 Å². The topological polar surface area (TPSA) is 65.4 Å². The number of hydrogen-bond donors (Lipinski definition) is 1. The van der Waals surface area contributed by atoms with Crippen molar-refractivity contribution < 1.29 is 9.53 Å². The largest absolute Gasteiger partial charge is 0.381 e. The van der Waals surface area contributed by atoms with E-state index in [0.29, 0.717) is 38.5 Å². The Morgan fingerprint density at radius 2 is 2.05 bits per heavy atom. The van der Waals surface area contributed by atoms with Crippen LogP contribution in [0.25, 0.3) is 0 Å². The van der Waals surface area contributed by atoms with Gasteiger partial charge < -0.3 is 15.0 Å². The Kier molecular flexibility index (Phi) is 5.38. The molecule has 0 aromatic rings. The predicted octanol–water partition coefficient (Wildman–Crippen LogP) is 1.15. The monoisotopic (exact) mass is 279 g/mol. The first-order valence-electron chi connectivity index (χ1n) is 7.62. The van der Waals surface area contributed by atoms with Crippen molar-refractivity contribution in [2.24, 2.45) is 11.3 Å².